The van der Waals surface area contributed by atoms with Crippen molar-refractivity contribution in [3.8, 4) is 5.75 Å². The molecule has 1 aromatic heterocycles. The van der Waals surface area contributed by atoms with E-state index in [1.807, 2.05) is 23.5 Å². The highest BCUT2D eigenvalue weighted by molar-refractivity contribution is 7.10. The molecule has 2 fully saturated rings. The second-order valence-corrected chi connectivity index (χ2v) is 8.46. The zero-order valence-corrected chi connectivity index (χ0v) is 16.1. The Kier molecular flexibility index (Phi) is 5.48. The fourth-order valence-corrected chi connectivity index (χ4v) is 5.13. The fourth-order valence-electron chi connectivity index (χ4n) is 4.25. The Bertz CT molecular complexity index is 692. The van der Waals surface area contributed by atoms with Gasteiger partial charge in [0.1, 0.15) is 5.75 Å². The van der Waals surface area contributed by atoms with Gasteiger partial charge in [-0.3, -0.25) is 0 Å². The molecule has 4 rings (SSSR count). The molecule has 1 unspecified atom stereocenters. The first-order valence-electron chi connectivity index (χ1n) is 9.60. The van der Waals surface area contributed by atoms with Crippen molar-refractivity contribution < 1.29 is 9.84 Å². The molecule has 2 N–H and O–H groups in total. The monoisotopic (exact) mass is 372 g/mol. The molecule has 0 bridgehead atoms. The number of piperidine rings is 1. The lowest BCUT2D eigenvalue weighted by Crippen LogP contribution is -2.47. The zero-order chi connectivity index (χ0) is 17.9. The van der Waals surface area contributed by atoms with Gasteiger partial charge in [-0.25, -0.2) is 0 Å². The first-order valence-corrected chi connectivity index (χ1v) is 10.5. The normalized spacial score (nSPS) is 24.9. The summed E-state index contributed by atoms with van der Waals surface area (Å²) in [6.45, 7) is 2.09. The van der Waals surface area contributed by atoms with Gasteiger partial charge in [0.05, 0.1) is 18.9 Å². The molecule has 0 spiro atoms. The smallest absolute Gasteiger partial charge is 0.142 e. The van der Waals surface area contributed by atoms with E-state index in [2.05, 4.69) is 39.9 Å². The highest BCUT2D eigenvalue weighted by Crippen LogP contribution is 2.40. The van der Waals surface area contributed by atoms with Crippen molar-refractivity contribution >= 4 is 17.0 Å². The van der Waals surface area contributed by atoms with Crippen LogP contribution in [0, 0.1) is 5.92 Å². The van der Waals surface area contributed by atoms with Gasteiger partial charge < -0.3 is 20.1 Å². The summed E-state index contributed by atoms with van der Waals surface area (Å²) in [6.07, 6.45) is 4.02. The lowest BCUT2D eigenvalue weighted by Gasteiger charge is -2.41. The molecule has 1 atom stereocenters. The highest BCUT2D eigenvalue weighted by Gasteiger charge is 2.36. The van der Waals surface area contributed by atoms with Crippen LogP contribution in [-0.2, 0) is 0 Å². The zero-order valence-electron chi connectivity index (χ0n) is 15.3. The van der Waals surface area contributed by atoms with Crippen LogP contribution >= 0.6 is 11.3 Å². The van der Waals surface area contributed by atoms with Crippen molar-refractivity contribution in [2.45, 2.75) is 43.9 Å². The van der Waals surface area contributed by atoms with E-state index in [-0.39, 0.29) is 6.10 Å². The number of ether oxygens (including phenoxy) is 1. The maximum Gasteiger partial charge on any atom is 0.142 e. The molecule has 2 heterocycles. The van der Waals surface area contributed by atoms with Crippen LogP contribution in [0.3, 0.4) is 0 Å². The molecule has 1 saturated heterocycles. The second kappa shape index (κ2) is 7.99. The Morgan fingerprint density at radius 3 is 2.58 bits per heavy atom. The Morgan fingerprint density at radius 1 is 1.15 bits per heavy atom. The molecule has 1 saturated carbocycles. The predicted octanol–water partition coefficient (Wildman–Crippen LogP) is 3.83. The third-order valence-corrected chi connectivity index (χ3v) is 6.76. The van der Waals surface area contributed by atoms with Gasteiger partial charge in [-0.2, -0.15) is 0 Å². The van der Waals surface area contributed by atoms with Gasteiger partial charge >= 0.3 is 0 Å². The van der Waals surface area contributed by atoms with Crippen LogP contribution in [0.25, 0.3) is 0 Å². The number of anilines is 1. The summed E-state index contributed by atoms with van der Waals surface area (Å²) in [5, 5.41) is 15.8. The topological polar surface area (TPSA) is 44.7 Å². The summed E-state index contributed by atoms with van der Waals surface area (Å²) in [5.74, 6) is 1.52. The molecule has 0 radical (unpaired) electrons. The number of rotatable bonds is 6. The molecular formula is C21H28N2O2S. The summed E-state index contributed by atoms with van der Waals surface area (Å²) in [6, 6.07) is 13.6. The first kappa shape index (κ1) is 17.8. The van der Waals surface area contributed by atoms with Gasteiger partial charge in [-0.1, -0.05) is 18.2 Å². The van der Waals surface area contributed by atoms with Gasteiger partial charge in [0.2, 0.25) is 0 Å². The maximum atomic E-state index is 9.74. The lowest BCUT2D eigenvalue weighted by molar-refractivity contribution is 0.0218. The number of methoxy groups -OCH3 is 1. The maximum absolute atomic E-state index is 9.74. The number of hydrogen-bond acceptors (Lipinski definition) is 5. The van der Waals surface area contributed by atoms with E-state index in [9.17, 15) is 5.11 Å². The lowest BCUT2D eigenvalue weighted by atomic mass is 9.76. The van der Waals surface area contributed by atoms with Crippen LogP contribution in [0.4, 0.5) is 5.69 Å². The van der Waals surface area contributed by atoms with E-state index in [4.69, 9.17) is 4.74 Å². The molecule has 5 heteroatoms. The van der Waals surface area contributed by atoms with Crippen molar-refractivity contribution in [2.24, 2.45) is 5.92 Å². The minimum absolute atomic E-state index is 0.100. The quantitative estimate of drug-likeness (QED) is 0.809. The van der Waals surface area contributed by atoms with Gasteiger partial charge in [-0.05, 0) is 55.2 Å². The van der Waals surface area contributed by atoms with Crippen LogP contribution in [-0.4, -0.2) is 37.5 Å². The highest BCUT2D eigenvalue weighted by atomic mass is 32.1. The molecule has 1 aliphatic carbocycles. The van der Waals surface area contributed by atoms with Crippen molar-refractivity contribution in [3.63, 3.8) is 0 Å². The van der Waals surface area contributed by atoms with Crippen LogP contribution in [0.1, 0.15) is 36.6 Å². The van der Waals surface area contributed by atoms with Gasteiger partial charge in [-0.15, -0.1) is 11.3 Å². The number of aliphatic hydroxyl groups excluding tert-OH is 1. The molecule has 4 nitrogen and oxygen atoms in total. The summed E-state index contributed by atoms with van der Waals surface area (Å²) < 4.78 is 5.52. The minimum atomic E-state index is -0.100. The van der Waals surface area contributed by atoms with E-state index in [0.717, 1.165) is 44.5 Å². The van der Waals surface area contributed by atoms with Crippen molar-refractivity contribution in [1.29, 1.82) is 0 Å². The van der Waals surface area contributed by atoms with E-state index >= 15 is 0 Å². The average Bonchev–Trinajstić information content (AvgIpc) is 3.19. The van der Waals surface area contributed by atoms with E-state index < -0.39 is 0 Å². The van der Waals surface area contributed by atoms with Gasteiger partial charge in [0.25, 0.3) is 0 Å². The average molecular weight is 373 g/mol. The van der Waals surface area contributed by atoms with E-state index in [0.29, 0.717) is 18.0 Å². The minimum Gasteiger partial charge on any atom is -0.495 e. The molecule has 1 aliphatic heterocycles. The Morgan fingerprint density at radius 2 is 1.92 bits per heavy atom. The number of nitrogens with zero attached hydrogens (tertiary/aromatic N) is 1. The third-order valence-electron chi connectivity index (χ3n) is 5.81. The number of aliphatic hydroxyl groups is 1. The SMILES string of the molecule is COc1ccccc1N1CCC(NC(c2cccs2)C2CC(O)C2)CC1. The van der Waals surface area contributed by atoms with E-state index in [1.54, 1.807) is 7.11 Å². The predicted molar refractivity (Wildman–Crippen MR) is 107 cm³/mol. The second-order valence-electron chi connectivity index (χ2n) is 7.48. The molecule has 26 heavy (non-hydrogen) atoms. The Labute approximate surface area is 159 Å². The third kappa shape index (κ3) is 3.75. The molecule has 2 aliphatic rings. The van der Waals surface area contributed by atoms with Gasteiger partial charge in [0, 0.05) is 30.1 Å². The number of hydrogen-bond donors (Lipinski definition) is 2. The van der Waals surface area contributed by atoms with Crippen LogP contribution in [0.2, 0.25) is 0 Å². The summed E-state index contributed by atoms with van der Waals surface area (Å²) in [7, 11) is 1.74. The standard InChI is InChI=1S/C21H28N2O2S/c1-25-19-6-3-2-5-18(19)23-10-8-16(9-11-23)22-21(15-13-17(24)14-15)20-7-4-12-26-20/h2-7,12,15-17,21-22,24H,8-11,13-14H2,1H3. The number of thiophene rings is 1. The fraction of sp³-hybridized carbons (Fsp3) is 0.524. The molecule has 0 amide bonds. The van der Waals surface area contributed by atoms with Crippen LogP contribution in [0.15, 0.2) is 41.8 Å². The van der Waals surface area contributed by atoms with Crippen LogP contribution in [0.5, 0.6) is 5.75 Å². The van der Waals surface area contributed by atoms with Crippen LogP contribution < -0.4 is 15.0 Å². The molecule has 140 valence electrons. The van der Waals surface area contributed by atoms with Crippen molar-refractivity contribution in [2.75, 3.05) is 25.1 Å². The number of nitrogens with one attached hydrogen (secondary N) is 1. The largest absolute Gasteiger partial charge is 0.495 e. The summed E-state index contributed by atoms with van der Waals surface area (Å²) in [5.41, 5.74) is 1.20. The summed E-state index contributed by atoms with van der Waals surface area (Å²) >= 11 is 1.83. The molecular weight excluding hydrogens is 344 g/mol. The van der Waals surface area contributed by atoms with Crippen molar-refractivity contribution in [1.82, 2.24) is 5.32 Å². The Balaban J connectivity index is 1.38. The number of benzene rings is 1. The molecule has 1 aromatic carbocycles. The number of para-hydroxylation sites is 2. The molecule has 2 aromatic rings. The first-order chi connectivity index (χ1) is 12.7. The van der Waals surface area contributed by atoms with Gasteiger partial charge in [0.15, 0.2) is 0 Å². The summed E-state index contributed by atoms with van der Waals surface area (Å²) in [4.78, 5) is 3.85. The Hall–Kier alpha value is -1.56. The van der Waals surface area contributed by atoms with E-state index in [1.165, 1.54) is 10.6 Å². The van der Waals surface area contributed by atoms with Crippen molar-refractivity contribution in [3.05, 3.63) is 46.7 Å².